The van der Waals surface area contributed by atoms with Crippen molar-refractivity contribution in [2.45, 2.75) is 6.92 Å². The lowest BCUT2D eigenvalue weighted by molar-refractivity contribution is -0.118. The molecule has 10 heteroatoms. The molecule has 1 fully saturated rings. The number of halogens is 2. The number of carbonyl (C=O) groups excluding carboxylic acids is 3. The highest BCUT2D eigenvalue weighted by molar-refractivity contribution is 9.10. The van der Waals surface area contributed by atoms with Crippen molar-refractivity contribution in [1.29, 1.82) is 0 Å². The van der Waals surface area contributed by atoms with Crippen LogP contribution in [0.15, 0.2) is 76.9 Å². The molecule has 4 rings (SSSR count). The lowest BCUT2D eigenvalue weighted by atomic mass is 10.1. The van der Waals surface area contributed by atoms with Gasteiger partial charge in [-0.15, -0.1) is 0 Å². The van der Waals surface area contributed by atoms with Crippen molar-refractivity contribution in [3.05, 3.63) is 87.5 Å². The van der Waals surface area contributed by atoms with E-state index < -0.39 is 11.9 Å². The van der Waals surface area contributed by atoms with E-state index in [0.29, 0.717) is 44.5 Å². The Morgan fingerprint density at radius 2 is 1.81 bits per heavy atom. The van der Waals surface area contributed by atoms with E-state index in [1.165, 1.54) is 12.1 Å². The first-order chi connectivity index (χ1) is 17.4. The van der Waals surface area contributed by atoms with Gasteiger partial charge in [-0.1, -0.05) is 51.8 Å². The highest BCUT2D eigenvalue weighted by Gasteiger charge is 2.35. The summed E-state index contributed by atoms with van der Waals surface area (Å²) in [4.78, 5) is 38.8. The Morgan fingerprint density at radius 3 is 2.53 bits per heavy atom. The van der Waals surface area contributed by atoms with Gasteiger partial charge in [0.25, 0.3) is 11.8 Å². The summed E-state index contributed by atoms with van der Waals surface area (Å²) in [5.41, 5.74) is 1.67. The molecule has 0 aliphatic carbocycles. The largest absolute Gasteiger partial charge is 0.490 e. The monoisotopic (exact) mass is 569 g/mol. The topological polar surface area (TPSA) is 97.0 Å². The van der Waals surface area contributed by atoms with Gasteiger partial charge >= 0.3 is 6.03 Å². The normalized spacial score (nSPS) is 14.1. The van der Waals surface area contributed by atoms with Gasteiger partial charge in [0.05, 0.1) is 12.3 Å². The number of carbonyl (C=O) groups is 3. The number of benzene rings is 3. The third kappa shape index (κ3) is 5.87. The van der Waals surface area contributed by atoms with Gasteiger partial charge in [-0.25, -0.2) is 9.69 Å². The van der Waals surface area contributed by atoms with Crippen molar-refractivity contribution in [3.8, 4) is 11.5 Å². The van der Waals surface area contributed by atoms with Gasteiger partial charge in [0, 0.05) is 15.2 Å². The Balaban J connectivity index is 1.53. The molecule has 3 aromatic rings. The number of urea groups is 1. The van der Waals surface area contributed by atoms with E-state index in [0.717, 1.165) is 4.90 Å². The highest BCUT2D eigenvalue weighted by Crippen LogP contribution is 2.35. The van der Waals surface area contributed by atoms with Gasteiger partial charge in [-0.05, 0) is 61.0 Å². The van der Waals surface area contributed by atoms with Crippen molar-refractivity contribution >= 4 is 62.8 Å². The predicted octanol–water partition coefficient (Wildman–Crippen LogP) is 5.62. The van der Waals surface area contributed by atoms with E-state index in [1.54, 1.807) is 42.5 Å². The zero-order valence-electron chi connectivity index (χ0n) is 19.1. The van der Waals surface area contributed by atoms with Crippen LogP contribution in [-0.4, -0.2) is 31.1 Å². The zero-order chi connectivity index (χ0) is 25.7. The molecule has 0 radical (unpaired) electrons. The standard InChI is InChI=1S/C26H21BrClN3O5/c1-2-35-22-12-16(11-21-25(33)31(26(34)30-21)19-10-6-7-17(28)13-19)20(27)14-23(22)36-15-24(32)29-18-8-4-3-5-9-18/h3-14H,2,15H2,1H3,(H,29,32)(H,30,34)/b21-11+. The van der Waals surface area contributed by atoms with Gasteiger partial charge in [0.2, 0.25) is 0 Å². The maximum Gasteiger partial charge on any atom is 0.333 e. The predicted molar refractivity (Wildman–Crippen MR) is 141 cm³/mol. The van der Waals surface area contributed by atoms with Crippen LogP contribution in [0.2, 0.25) is 5.02 Å². The summed E-state index contributed by atoms with van der Waals surface area (Å²) in [5.74, 6) is -0.128. The average Bonchev–Trinajstić information content (AvgIpc) is 3.13. The molecule has 0 spiro atoms. The molecule has 1 aliphatic rings. The third-order valence-electron chi connectivity index (χ3n) is 5.02. The fourth-order valence-corrected chi connectivity index (χ4v) is 4.07. The van der Waals surface area contributed by atoms with Crippen LogP contribution in [0.1, 0.15) is 12.5 Å². The molecule has 2 N–H and O–H groups in total. The van der Waals surface area contributed by atoms with E-state index in [2.05, 4.69) is 26.6 Å². The van der Waals surface area contributed by atoms with Crippen LogP contribution in [-0.2, 0) is 9.59 Å². The van der Waals surface area contributed by atoms with Crippen LogP contribution in [0.5, 0.6) is 11.5 Å². The summed E-state index contributed by atoms with van der Waals surface area (Å²) in [5, 5.41) is 5.74. The first-order valence-electron chi connectivity index (χ1n) is 10.9. The maximum absolute atomic E-state index is 13.0. The van der Waals surface area contributed by atoms with Crippen LogP contribution >= 0.6 is 27.5 Å². The van der Waals surface area contributed by atoms with Crippen LogP contribution < -0.4 is 25.0 Å². The lowest BCUT2D eigenvalue weighted by Crippen LogP contribution is -2.30. The second-order valence-corrected chi connectivity index (χ2v) is 8.86. The number of nitrogens with one attached hydrogen (secondary N) is 2. The maximum atomic E-state index is 13.0. The van der Waals surface area contributed by atoms with Crippen LogP contribution in [0.3, 0.4) is 0 Å². The molecule has 1 heterocycles. The average molecular weight is 571 g/mol. The number of amides is 4. The summed E-state index contributed by atoms with van der Waals surface area (Å²) in [6.45, 7) is 1.93. The third-order valence-corrected chi connectivity index (χ3v) is 5.95. The van der Waals surface area contributed by atoms with Gasteiger partial charge < -0.3 is 20.1 Å². The summed E-state index contributed by atoms with van der Waals surface area (Å²) < 4.78 is 12.0. The van der Waals surface area contributed by atoms with Crippen molar-refractivity contribution in [3.63, 3.8) is 0 Å². The molecular formula is C26H21BrClN3O5. The first kappa shape index (κ1) is 25.3. The number of rotatable bonds is 8. The molecule has 0 unspecified atom stereocenters. The minimum absolute atomic E-state index is 0.0824. The van der Waals surface area contributed by atoms with Crippen molar-refractivity contribution in [2.24, 2.45) is 0 Å². The zero-order valence-corrected chi connectivity index (χ0v) is 21.4. The van der Waals surface area contributed by atoms with Crippen molar-refractivity contribution < 1.29 is 23.9 Å². The van der Waals surface area contributed by atoms with Crippen LogP contribution in [0.4, 0.5) is 16.2 Å². The summed E-state index contributed by atoms with van der Waals surface area (Å²) in [7, 11) is 0. The summed E-state index contributed by atoms with van der Waals surface area (Å²) in [6.07, 6.45) is 1.53. The van der Waals surface area contributed by atoms with Gasteiger partial charge in [0.1, 0.15) is 5.70 Å². The number of anilines is 2. The van der Waals surface area contributed by atoms with Crippen LogP contribution in [0.25, 0.3) is 6.08 Å². The molecule has 1 aliphatic heterocycles. The Hall–Kier alpha value is -3.82. The molecule has 4 amide bonds. The Kier molecular flexibility index (Phi) is 7.92. The molecule has 0 saturated carbocycles. The second kappa shape index (κ2) is 11.3. The van der Waals surface area contributed by atoms with E-state index in [1.807, 2.05) is 25.1 Å². The molecule has 1 saturated heterocycles. The SMILES string of the molecule is CCOc1cc(/C=C2/NC(=O)N(c3cccc(Cl)c3)C2=O)c(Br)cc1OCC(=O)Nc1ccccc1. The molecule has 0 atom stereocenters. The van der Waals surface area contributed by atoms with Crippen molar-refractivity contribution in [1.82, 2.24) is 5.32 Å². The van der Waals surface area contributed by atoms with Crippen LogP contribution in [0, 0.1) is 0 Å². The smallest absolute Gasteiger partial charge is 0.333 e. The fourth-order valence-electron chi connectivity index (χ4n) is 3.44. The highest BCUT2D eigenvalue weighted by atomic mass is 79.9. The number of ether oxygens (including phenoxy) is 2. The quantitative estimate of drug-likeness (QED) is 0.271. The Bertz CT molecular complexity index is 1350. The van der Waals surface area contributed by atoms with E-state index in [9.17, 15) is 14.4 Å². The van der Waals surface area contributed by atoms with Gasteiger partial charge in [0.15, 0.2) is 18.1 Å². The van der Waals surface area contributed by atoms with E-state index in [4.69, 9.17) is 21.1 Å². The number of nitrogens with zero attached hydrogens (tertiary/aromatic N) is 1. The molecule has 3 aromatic carbocycles. The van der Waals surface area contributed by atoms with Gasteiger partial charge in [-0.3, -0.25) is 9.59 Å². The van der Waals surface area contributed by atoms with Crippen molar-refractivity contribution in [2.75, 3.05) is 23.4 Å². The minimum atomic E-state index is -0.584. The molecule has 0 aromatic heterocycles. The Labute approximate surface area is 221 Å². The lowest BCUT2D eigenvalue weighted by Gasteiger charge is -2.14. The molecule has 36 heavy (non-hydrogen) atoms. The summed E-state index contributed by atoms with van der Waals surface area (Å²) in [6, 6.07) is 18.2. The summed E-state index contributed by atoms with van der Waals surface area (Å²) >= 11 is 9.48. The minimum Gasteiger partial charge on any atom is -0.490 e. The fraction of sp³-hybridized carbons (Fsp3) is 0.115. The molecule has 184 valence electrons. The first-order valence-corrected chi connectivity index (χ1v) is 12.1. The number of hydrogen-bond acceptors (Lipinski definition) is 5. The number of imide groups is 1. The molecular weight excluding hydrogens is 550 g/mol. The second-order valence-electron chi connectivity index (χ2n) is 7.56. The number of para-hydroxylation sites is 1. The van der Waals surface area contributed by atoms with E-state index in [-0.39, 0.29) is 18.2 Å². The van der Waals surface area contributed by atoms with E-state index >= 15 is 0 Å². The van der Waals surface area contributed by atoms with Gasteiger partial charge in [-0.2, -0.15) is 0 Å². The Morgan fingerprint density at radius 1 is 1.06 bits per heavy atom. The number of hydrogen-bond donors (Lipinski definition) is 2. The molecule has 8 nitrogen and oxygen atoms in total. The molecule has 0 bridgehead atoms.